The van der Waals surface area contributed by atoms with E-state index in [0.717, 1.165) is 5.69 Å². The summed E-state index contributed by atoms with van der Waals surface area (Å²) in [6.45, 7) is -0.229. The molecule has 2 N–H and O–H groups in total. The van der Waals surface area contributed by atoms with E-state index in [4.69, 9.17) is 16.0 Å². The number of aromatic nitrogens is 5. The zero-order chi connectivity index (χ0) is 24.2. The molecule has 0 unspecified atom stereocenters. The molecule has 0 aliphatic carbocycles. The van der Waals surface area contributed by atoms with Crippen LogP contribution in [-0.4, -0.2) is 42.9 Å². The number of anilines is 1. The standard InChI is InChI=1S/C24H18ClN7O3/c25-16-3-7-19(8-4-16)32-21(22-2-1-11-35-22)12-20(30-32)24(34)27-13-23(33)29-17-5-9-18(10-6-17)31-15-26-14-28-31/h1-12,14-15H,13H2,(H,27,34)(H,29,33). The molecule has 35 heavy (non-hydrogen) atoms. The lowest BCUT2D eigenvalue weighted by atomic mass is 10.2. The molecule has 3 aromatic heterocycles. The molecule has 0 radical (unpaired) electrons. The summed E-state index contributed by atoms with van der Waals surface area (Å²) in [5.41, 5.74) is 2.81. The Morgan fingerprint density at radius 3 is 2.46 bits per heavy atom. The van der Waals surface area contributed by atoms with Crippen LogP contribution in [0.2, 0.25) is 5.02 Å². The summed E-state index contributed by atoms with van der Waals surface area (Å²) in [4.78, 5) is 29.0. The molecule has 0 fully saturated rings. The van der Waals surface area contributed by atoms with Crippen molar-refractivity contribution < 1.29 is 14.0 Å². The van der Waals surface area contributed by atoms with Crippen LogP contribution in [0.4, 0.5) is 5.69 Å². The molecule has 5 rings (SSSR count). The van der Waals surface area contributed by atoms with E-state index in [-0.39, 0.29) is 18.1 Å². The van der Waals surface area contributed by atoms with E-state index in [1.165, 1.54) is 12.6 Å². The van der Waals surface area contributed by atoms with Crippen LogP contribution in [0.1, 0.15) is 10.5 Å². The minimum Gasteiger partial charge on any atom is -0.463 e. The first-order chi connectivity index (χ1) is 17.1. The molecule has 174 valence electrons. The Hall–Kier alpha value is -4.70. The lowest BCUT2D eigenvalue weighted by Crippen LogP contribution is -2.33. The van der Waals surface area contributed by atoms with Crippen LogP contribution in [0.5, 0.6) is 0 Å². The van der Waals surface area contributed by atoms with Gasteiger partial charge in [-0.1, -0.05) is 11.6 Å². The third-order valence-electron chi connectivity index (χ3n) is 5.03. The second kappa shape index (κ2) is 9.65. The molecule has 3 heterocycles. The molecule has 0 saturated carbocycles. The zero-order valence-corrected chi connectivity index (χ0v) is 18.9. The minimum absolute atomic E-state index is 0.135. The molecule has 0 atom stereocenters. The van der Waals surface area contributed by atoms with Gasteiger partial charge in [-0.15, -0.1) is 0 Å². The minimum atomic E-state index is -0.498. The zero-order valence-electron chi connectivity index (χ0n) is 18.1. The number of furan rings is 1. The van der Waals surface area contributed by atoms with Gasteiger partial charge in [-0.05, 0) is 60.7 Å². The predicted molar refractivity (Wildman–Crippen MR) is 129 cm³/mol. The number of benzene rings is 2. The first kappa shape index (κ1) is 22.1. The van der Waals surface area contributed by atoms with E-state index < -0.39 is 5.91 Å². The van der Waals surface area contributed by atoms with E-state index in [0.29, 0.717) is 27.9 Å². The Labute approximate surface area is 204 Å². The first-order valence-electron chi connectivity index (χ1n) is 10.5. The average Bonchev–Trinajstić information content (AvgIpc) is 3.65. The SMILES string of the molecule is O=C(CNC(=O)c1cc(-c2ccco2)n(-c2ccc(Cl)cc2)n1)Nc1ccc(-n2cncn2)cc1. The number of amides is 2. The summed E-state index contributed by atoms with van der Waals surface area (Å²) in [5.74, 6) is -0.337. The van der Waals surface area contributed by atoms with Crippen molar-refractivity contribution in [3.8, 4) is 22.8 Å². The molecule has 0 spiro atoms. The molecule has 0 bridgehead atoms. The average molecular weight is 488 g/mol. The van der Waals surface area contributed by atoms with E-state index in [1.807, 2.05) is 0 Å². The van der Waals surface area contributed by atoms with Gasteiger partial charge in [-0.2, -0.15) is 10.2 Å². The molecular formula is C24H18ClN7O3. The smallest absolute Gasteiger partial charge is 0.272 e. The number of nitrogens with one attached hydrogen (secondary N) is 2. The molecule has 10 nitrogen and oxygen atoms in total. The quantitative estimate of drug-likeness (QED) is 0.361. The van der Waals surface area contributed by atoms with Gasteiger partial charge in [0.05, 0.1) is 24.2 Å². The molecule has 0 aliphatic heterocycles. The van der Waals surface area contributed by atoms with Crippen LogP contribution < -0.4 is 10.6 Å². The Kier molecular flexibility index (Phi) is 6.10. The van der Waals surface area contributed by atoms with Crippen LogP contribution in [0.25, 0.3) is 22.8 Å². The lowest BCUT2D eigenvalue weighted by molar-refractivity contribution is -0.115. The van der Waals surface area contributed by atoms with Crippen molar-refractivity contribution in [3.05, 3.63) is 96.4 Å². The van der Waals surface area contributed by atoms with Gasteiger partial charge in [0.1, 0.15) is 18.3 Å². The monoisotopic (exact) mass is 487 g/mol. The molecule has 0 saturated heterocycles. The van der Waals surface area contributed by atoms with E-state index in [2.05, 4.69) is 25.8 Å². The Balaban J connectivity index is 1.26. The Morgan fingerprint density at radius 2 is 1.77 bits per heavy atom. The van der Waals surface area contributed by atoms with Crippen molar-refractivity contribution >= 4 is 29.1 Å². The predicted octanol–water partition coefficient (Wildman–Crippen LogP) is 3.73. The normalized spacial score (nSPS) is 10.8. The lowest BCUT2D eigenvalue weighted by Gasteiger charge is -2.07. The summed E-state index contributed by atoms with van der Waals surface area (Å²) in [7, 11) is 0. The summed E-state index contributed by atoms with van der Waals surface area (Å²) in [6.07, 6.45) is 4.56. The van der Waals surface area contributed by atoms with Crippen LogP contribution in [0, 0.1) is 0 Å². The first-order valence-corrected chi connectivity index (χ1v) is 10.9. The highest BCUT2D eigenvalue weighted by Gasteiger charge is 2.19. The van der Waals surface area contributed by atoms with Crippen LogP contribution in [0.3, 0.4) is 0 Å². The molecule has 2 amide bonds. The van der Waals surface area contributed by atoms with Crippen molar-refractivity contribution in [2.45, 2.75) is 0 Å². The highest BCUT2D eigenvalue weighted by Crippen LogP contribution is 2.25. The maximum absolute atomic E-state index is 12.8. The summed E-state index contributed by atoms with van der Waals surface area (Å²) in [5, 5.41) is 14.4. The van der Waals surface area contributed by atoms with Gasteiger partial charge in [0, 0.05) is 16.8 Å². The fraction of sp³-hybridized carbons (Fsp3) is 0.0417. The molecule has 5 aromatic rings. The van der Waals surface area contributed by atoms with Crippen molar-refractivity contribution in [3.63, 3.8) is 0 Å². The third-order valence-corrected chi connectivity index (χ3v) is 5.28. The van der Waals surface area contributed by atoms with Crippen LogP contribution >= 0.6 is 11.6 Å². The number of carbonyl (C=O) groups excluding carboxylic acids is 2. The van der Waals surface area contributed by atoms with Gasteiger partial charge < -0.3 is 15.1 Å². The van der Waals surface area contributed by atoms with E-state index in [9.17, 15) is 9.59 Å². The topological polar surface area (TPSA) is 120 Å². The van der Waals surface area contributed by atoms with Gasteiger partial charge in [-0.3, -0.25) is 9.59 Å². The Bertz CT molecular complexity index is 1440. The van der Waals surface area contributed by atoms with Crippen molar-refractivity contribution in [2.24, 2.45) is 0 Å². The van der Waals surface area contributed by atoms with E-state index in [1.54, 1.807) is 82.4 Å². The van der Waals surface area contributed by atoms with Gasteiger partial charge in [0.2, 0.25) is 5.91 Å². The highest BCUT2D eigenvalue weighted by atomic mass is 35.5. The maximum Gasteiger partial charge on any atom is 0.272 e. The largest absolute Gasteiger partial charge is 0.463 e. The molecule has 11 heteroatoms. The highest BCUT2D eigenvalue weighted by molar-refractivity contribution is 6.30. The number of carbonyl (C=O) groups is 2. The number of hydrogen-bond acceptors (Lipinski definition) is 6. The third kappa shape index (κ3) is 4.97. The van der Waals surface area contributed by atoms with Gasteiger partial charge >= 0.3 is 0 Å². The van der Waals surface area contributed by atoms with Gasteiger partial charge in [0.15, 0.2) is 11.5 Å². The van der Waals surface area contributed by atoms with Crippen molar-refractivity contribution in [1.82, 2.24) is 29.9 Å². The number of rotatable bonds is 7. The summed E-state index contributed by atoms with van der Waals surface area (Å²) in [6, 6.07) is 19.2. The number of hydrogen-bond donors (Lipinski definition) is 2. The number of nitrogens with zero attached hydrogens (tertiary/aromatic N) is 5. The van der Waals surface area contributed by atoms with Gasteiger partial charge in [0.25, 0.3) is 5.91 Å². The Morgan fingerprint density at radius 1 is 1.00 bits per heavy atom. The van der Waals surface area contributed by atoms with E-state index >= 15 is 0 Å². The van der Waals surface area contributed by atoms with Crippen LogP contribution in [0.15, 0.2) is 90.1 Å². The fourth-order valence-electron chi connectivity index (χ4n) is 3.37. The number of halogens is 1. The fourth-order valence-corrected chi connectivity index (χ4v) is 3.49. The van der Waals surface area contributed by atoms with Crippen LogP contribution in [-0.2, 0) is 4.79 Å². The molecule has 2 aromatic carbocycles. The molecular weight excluding hydrogens is 470 g/mol. The maximum atomic E-state index is 12.8. The molecule has 0 aliphatic rings. The summed E-state index contributed by atoms with van der Waals surface area (Å²) >= 11 is 6.00. The second-order valence-electron chi connectivity index (χ2n) is 7.40. The van der Waals surface area contributed by atoms with Crippen molar-refractivity contribution in [1.29, 1.82) is 0 Å². The second-order valence-corrected chi connectivity index (χ2v) is 7.83. The summed E-state index contributed by atoms with van der Waals surface area (Å²) < 4.78 is 8.69. The van der Waals surface area contributed by atoms with Gasteiger partial charge in [-0.25, -0.2) is 14.3 Å². The van der Waals surface area contributed by atoms with Crippen molar-refractivity contribution in [2.75, 3.05) is 11.9 Å².